The number of ether oxygens (including phenoxy) is 1. The van der Waals surface area contributed by atoms with Crippen molar-refractivity contribution in [1.82, 2.24) is 15.6 Å². The van der Waals surface area contributed by atoms with Crippen molar-refractivity contribution in [3.63, 3.8) is 0 Å². The molecular weight excluding hydrogens is 344 g/mol. The number of oxazole rings is 1. The van der Waals surface area contributed by atoms with E-state index in [1.54, 1.807) is 0 Å². The van der Waals surface area contributed by atoms with Crippen molar-refractivity contribution in [2.24, 2.45) is 4.99 Å². The standard InChI is InChI=1S/C20H30N4O3/c1-6-21-20(23-12-19-24-14(4)15(5)27-19)22-11-18(25)16-7-9-17(10-8-16)26-13(2)3/h7-10,13,18,25H,6,11-12H2,1-5H3,(H2,21,22,23). The van der Waals surface area contributed by atoms with E-state index in [-0.39, 0.29) is 6.10 Å². The molecule has 0 saturated carbocycles. The fourth-order valence-electron chi connectivity index (χ4n) is 2.45. The van der Waals surface area contributed by atoms with Crippen LogP contribution in [-0.4, -0.2) is 35.2 Å². The number of rotatable bonds is 8. The molecule has 3 N–H and O–H groups in total. The van der Waals surface area contributed by atoms with Crippen molar-refractivity contribution in [2.45, 2.75) is 53.4 Å². The highest BCUT2D eigenvalue weighted by Gasteiger charge is 2.10. The number of benzene rings is 1. The number of nitrogens with zero attached hydrogens (tertiary/aromatic N) is 2. The Morgan fingerprint density at radius 1 is 1.22 bits per heavy atom. The van der Waals surface area contributed by atoms with Crippen LogP contribution >= 0.6 is 0 Å². The summed E-state index contributed by atoms with van der Waals surface area (Å²) in [6, 6.07) is 7.47. The highest BCUT2D eigenvalue weighted by atomic mass is 16.5. The molecule has 0 aliphatic carbocycles. The predicted octanol–water partition coefficient (Wildman–Crippen LogP) is 2.87. The summed E-state index contributed by atoms with van der Waals surface area (Å²) in [5, 5.41) is 16.7. The van der Waals surface area contributed by atoms with Gasteiger partial charge in [-0.05, 0) is 52.3 Å². The SMILES string of the molecule is CCNC(=NCc1nc(C)c(C)o1)NCC(O)c1ccc(OC(C)C)cc1. The fourth-order valence-corrected chi connectivity index (χ4v) is 2.45. The number of aryl methyl sites for hydroxylation is 2. The Kier molecular flexibility index (Phi) is 7.67. The van der Waals surface area contributed by atoms with E-state index >= 15 is 0 Å². The Labute approximate surface area is 160 Å². The van der Waals surface area contributed by atoms with Crippen LogP contribution in [0.2, 0.25) is 0 Å². The normalized spacial score (nSPS) is 12.9. The third kappa shape index (κ3) is 6.60. The number of aromatic nitrogens is 1. The van der Waals surface area contributed by atoms with Gasteiger partial charge in [-0.25, -0.2) is 9.98 Å². The second kappa shape index (κ2) is 9.97. The Bertz CT molecular complexity index is 719. The lowest BCUT2D eigenvalue weighted by atomic mass is 10.1. The maximum atomic E-state index is 10.4. The van der Waals surface area contributed by atoms with Crippen LogP contribution in [0.4, 0.5) is 0 Å². The van der Waals surface area contributed by atoms with Crippen molar-refractivity contribution in [1.29, 1.82) is 0 Å². The Hall–Kier alpha value is -2.54. The molecule has 1 aromatic carbocycles. The second-order valence-electron chi connectivity index (χ2n) is 6.58. The van der Waals surface area contributed by atoms with E-state index in [9.17, 15) is 5.11 Å². The minimum absolute atomic E-state index is 0.123. The first-order valence-corrected chi connectivity index (χ1v) is 9.28. The molecule has 2 rings (SSSR count). The summed E-state index contributed by atoms with van der Waals surface area (Å²) < 4.78 is 11.2. The molecule has 1 atom stereocenters. The summed E-state index contributed by atoms with van der Waals surface area (Å²) in [7, 11) is 0. The zero-order chi connectivity index (χ0) is 19.8. The summed E-state index contributed by atoms with van der Waals surface area (Å²) in [5.41, 5.74) is 1.69. The molecule has 0 fully saturated rings. The minimum Gasteiger partial charge on any atom is -0.491 e. The van der Waals surface area contributed by atoms with Gasteiger partial charge in [0.25, 0.3) is 0 Å². The van der Waals surface area contributed by atoms with Crippen LogP contribution in [0, 0.1) is 13.8 Å². The number of guanidine groups is 1. The van der Waals surface area contributed by atoms with E-state index in [2.05, 4.69) is 20.6 Å². The van der Waals surface area contributed by atoms with Gasteiger partial charge >= 0.3 is 0 Å². The van der Waals surface area contributed by atoms with E-state index in [1.807, 2.05) is 58.9 Å². The number of aliphatic hydroxyl groups excluding tert-OH is 1. The minimum atomic E-state index is -0.659. The lowest BCUT2D eigenvalue weighted by molar-refractivity contribution is 0.180. The average Bonchev–Trinajstić information content (AvgIpc) is 2.95. The first-order chi connectivity index (χ1) is 12.9. The number of aliphatic hydroxyl groups is 1. The van der Waals surface area contributed by atoms with Crippen molar-refractivity contribution in [3.8, 4) is 5.75 Å². The van der Waals surface area contributed by atoms with Gasteiger partial charge in [0.05, 0.1) is 17.9 Å². The molecule has 0 bridgehead atoms. The van der Waals surface area contributed by atoms with E-state index in [0.29, 0.717) is 31.5 Å². The molecule has 0 radical (unpaired) electrons. The monoisotopic (exact) mass is 374 g/mol. The zero-order valence-electron chi connectivity index (χ0n) is 16.7. The molecule has 148 valence electrons. The van der Waals surface area contributed by atoms with Crippen molar-refractivity contribution < 1.29 is 14.3 Å². The first kappa shape index (κ1) is 20.8. The van der Waals surface area contributed by atoms with Crippen LogP contribution in [0.1, 0.15) is 49.8 Å². The molecule has 0 aliphatic heterocycles. The van der Waals surface area contributed by atoms with Gasteiger partial charge in [-0.15, -0.1) is 0 Å². The third-order valence-corrected chi connectivity index (χ3v) is 3.89. The van der Waals surface area contributed by atoms with Crippen LogP contribution in [0.5, 0.6) is 5.75 Å². The molecule has 2 aromatic rings. The molecule has 0 spiro atoms. The van der Waals surface area contributed by atoms with Crippen LogP contribution in [0.15, 0.2) is 33.7 Å². The summed E-state index contributed by atoms with van der Waals surface area (Å²) in [6.45, 7) is 11.1. The number of hydrogen-bond acceptors (Lipinski definition) is 5. The first-order valence-electron chi connectivity index (χ1n) is 9.28. The number of nitrogens with one attached hydrogen (secondary N) is 2. The molecular formula is C20H30N4O3. The molecule has 27 heavy (non-hydrogen) atoms. The Morgan fingerprint density at radius 3 is 2.48 bits per heavy atom. The van der Waals surface area contributed by atoms with Gasteiger partial charge in [0.2, 0.25) is 5.89 Å². The van der Waals surface area contributed by atoms with Crippen LogP contribution in [-0.2, 0) is 6.54 Å². The molecule has 1 unspecified atom stereocenters. The smallest absolute Gasteiger partial charge is 0.216 e. The van der Waals surface area contributed by atoms with E-state index in [1.165, 1.54) is 0 Å². The van der Waals surface area contributed by atoms with Gasteiger partial charge in [-0.2, -0.15) is 0 Å². The largest absolute Gasteiger partial charge is 0.491 e. The summed E-state index contributed by atoms with van der Waals surface area (Å²) in [4.78, 5) is 8.78. The zero-order valence-corrected chi connectivity index (χ0v) is 16.7. The van der Waals surface area contributed by atoms with Crippen molar-refractivity contribution in [3.05, 3.63) is 47.2 Å². The van der Waals surface area contributed by atoms with E-state index in [0.717, 1.165) is 22.8 Å². The van der Waals surface area contributed by atoms with Gasteiger partial charge in [0, 0.05) is 13.1 Å². The second-order valence-corrected chi connectivity index (χ2v) is 6.58. The molecule has 7 heteroatoms. The molecule has 1 heterocycles. The van der Waals surface area contributed by atoms with Gasteiger partial charge in [-0.3, -0.25) is 0 Å². The van der Waals surface area contributed by atoms with E-state index in [4.69, 9.17) is 9.15 Å². The molecule has 0 amide bonds. The van der Waals surface area contributed by atoms with Gasteiger partial charge in [0.1, 0.15) is 18.1 Å². The van der Waals surface area contributed by atoms with Gasteiger partial charge in [-0.1, -0.05) is 12.1 Å². The van der Waals surface area contributed by atoms with Gasteiger partial charge < -0.3 is 24.9 Å². The summed E-state index contributed by atoms with van der Waals surface area (Å²) >= 11 is 0. The van der Waals surface area contributed by atoms with Crippen LogP contribution in [0.25, 0.3) is 0 Å². The lowest BCUT2D eigenvalue weighted by Gasteiger charge is -2.16. The molecule has 0 saturated heterocycles. The maximum Gasteiger partial charge on any atom is 0.216 e. The van der Waals surface area contributed by atoms with Crippen LogP contribution < -0.4 is 15.4 Å². The number of aliphatic imine (C=N–C) groups is 1. The molecule has 7 nitrogen and oxygen atoms in total. The summed E-state index contributed by atoms with van der Waals surface area (Å²) in [6.07, 6.45) is -0.536. The fraction of sp³-hybridized carbons (Fsp3) is 0.500. The van der Waals surface area contributed by atoms with Crippen molar-refractivity contribution in [2.75, 3.05) is 13.1 Å². The molecule has 0 aliphatic rings. The summed E-state index contributed by atoms with van der Waals surface area (Å²) in [5.74, 6) is 2.77. The maximum absolute atomic E-state index is 10.4. The number of hydrogen-bond donors (Lipinski definition) is 3. The van der Waals surface area contributed by atoms with Crippen molar-refractivity contribution >= 4 is 5.96 Å². The lowest BCUT2D eigenvalue weighted by Crippen LogP contribution is -2.39. The Morgan fingerprint density at radius 2 is 1.93 bits per heavy atom. The topological polar surface area (TPSA) is 91.9 Å². The molecule has 1 aromatic heterocycles. The Balaban J connectivity index is 1.92. The third-order valence-electron chi connectivity index (χ3n) is 3.89. The van der Waals surface area contributed by atoms with E-state index < -0.39 is 6.10 Å². The predicted molar refractivity (Wildman–Crippen MR) is 106 cm³/mol. The van der Waals surface area contributed by atoms with Crippen LogP contribution in [0.3, 0.4) is 0 Å². The average molecular weight is 374 g/mol. The highest BCUT2D eigenvalue weighted by molar-refractivity contribution is 5.79. The van der Waals surface area contributed by atoms with Gasteiger partial charge in [0.15, 0.2) is 5.96 Å². The highest BCUT2D eigenvalue weighted by Crippen LogP contribution is 2.18. The quantitative estimate of drug-likeness (QED) is 0.486.